The van der Waals surface area contributed by atoms with Gasteiger partial charge in [-0.25, -0.2) is 0 Å². The molecule has 0 bridgehead atoms. The van der Waals surface area contributed by atoms with Crippen LogP contribution in [0.4, 0.5) is 11.4 Å². The van der Waals surface area contributed by atoms with Crippen molar-refractivity contribution in [3.05, 3.63) is 24.3 Å². The van der Waals surface area contributed by atoms with E-state index in [1.807, 2.05) is 36.1 Å². The van der Waals surface area contributed by atoms with Gasteiger partial charge in [-0.1, -0.05) is 12.1 Å². The van der Waals surface area contributed by atoms with E-state index in [0.29, 0.717) is 13.1 Å². The molecular formula is C11H15N3O. The number of rotatable bonds is 2. The van der Waals surface area contributed by atoms with Gasteiger partial charge in [-0.05, 0) is 19.1 Å². The molecule has 0 aliphatic carbocycles. The quantitative estimate of drug-likeness (QED) is 0.750. The molecule has 0 spiro atoms. The van der Waals surface area contributed by atoms with Gasteiger partial charge in [-0.2, -0.15) is 0 Å². The number of anilines is 2. The number of para-hydroxylation sites is 2. The molecule has 0 aromatic heterocycles. The highest BCUT2D eigenvalue weighted by Gasteiger charge is 2.24. The van der Waals surface area contributed by atoms with Crippen molar-refractivity contribution in [2.45, 2.75) is 13.0 Å². The van der Waals surface area contributed by atoms with E-state index in [-0.39, 0.29) is 11.9 Å². The van der Waals surface area contributed by atoms with Gasteiger partial charge in [0.15, 0.2) is 0 Å². The monoisotopic (exact) mass is 205 g/mol. The van der Waals surface area contributed by atoms with Crippen LogP contribution < -0.4 is 16.0 Å². The second kappa shape index (κ2) is 3.90. The largest absolute Gasteiger partial charge is 0.357 e. The molecule has 1 aromatic rings. The maximum atomic E-state index is 11.5. The van der Waals surface area contributed by atoms with Crippen molar-refractivity contribution < 1.29 is 4.79 Å². The molecule has 2 rings (SSSR count). The summed E-state index contributed by atoms with van der Waals surface area (Å²) in [5.41, 5.74) is 7.55. The van der Waals surface area contributed by atoms with Gasteiger partial charge in [0.25, 0.3) is 0 Å². The van der Waals surface area contributed by atoms with Crippen LogP contribution in [0.1, 0.15) is 6.92 Å². The van der Waals surface area contributed by atoms with Gasteiger partial charge in [-0.15, -0.1) is 0 Å². The lowest BCUT2D eigenvalue weighted by Crippen LogP contribution is -2.46. The molecule has 1 heterocycles. The van der Waals surface area contributed by atoms with E-state index in [0.717, 1.165) is 11.4 Å². The van der Waals surface area contributed by atoms with Gasteiger partial charge < -0.3 is 16.0 Å². The second-order valence-electron chi connectivity index (χ2n) is 3.78. The first-order valence-corrected chi connectivity index (χ1v) is 5.08. The van der Waals surface area contributed by atoms with Gasteiger partial charge >= 0.3 is 0 Å². The molecular weight excluding hydrogens is 190 g/mol. The highest BCUT2D eigenvalue weighted by Crippen LogP contribution is 2.29. The van der Waals surface area contributed by atoms with Crippen LogP contribution in [0.5, 0.6) is 0 Å². The number of carbonyl (C=O) groups excluding carboxylic acids is 1. The van der Waals surface area contributed by atoms with E-state index >= 15 is 0 Å². The maximum absolute atomic E-state index is 11.5. The minimum Gasteiger partial charge on any atom is -0.357 e. The number of carbonyl (C=O) groups is 1. The maximum Gasteiger partial charge on any atom is 0.243 e. The Morgan fingerprint density at radius 1 is 1.53 bits per heavy atom. The zero-order chi connectivity index (χ0) is 10.8. The van der Waals surface area contributed by atoms with Crippen molar-refractivity contribution in [3.63, 3.8) is 0 Å². The van der Waals surface area contributed by atoms with Gasteiger partial charge in [0.2, 0.25) is 5.91 Å². The predicted octanol–water partition coefficient (Wildman–Crippen LogP) is 0.792. The topological polar surface area (TPSA) is 58.4 Å². The van der Waals surface area contributed by atoms with Crippen LogP contribution in [0.2, 0.25) is 0 Å². The van der Waals surface area contributed by atoms with Crippen LogP contribution in [0.3, 0.4) is 0 Å². The molecule has 1 aliphatic rings. The number of benzene rings is 1. The second-order valence-corrected chi connectivity index (χ2v) is 3.78. The van der Waals surface area contributed by atoms with Crippen molar-refractivity contribution in [3.8, 4) is 0 Å². The molecule has 0 saturated heterocycles. The number of amides is 1. The molecule has 1 aliphatic heterocycles. The smallest absolute Gasteiger partial charge is 0.243 e. The number of nitrogens with two attached hydrogens (primary N) is 1. The van der Waals surface area contributed by atoms with E-state index in [9.17, 15) is 4.79 Å². The molecule has 80 valence electrons. The fourth-order valence-corrected chi connectivity index (χ4v) is 1.78. The Kier molecular flexibility index (Phi) is 2.60. The fraction of sp³-hybridized carbons (Fsp3) is 0.364. The molecule has 4 heteroatoms. The van der Waals surface area contributed by atoms with Gasteiger partial charge in [0.1, 0.15) is 0 Å². The third kappa shape index (κ3) is 1.80. The molecule has 1 aromatic carbocycles. The molecule has 0 saturated carbocycles. The third-order valence-corrected chi connectivity index (χ3v) is 2.67. The van der Waals surface area contributed by atoms with Gasteiger partial charge in [0.05, 0.1) is 17.9 Å². The Balaban J connectivity index is 2.38. The summed E-state index contributed by atoms with van der Waals surface area (Å²) < 4.78 is 0. The van der Waals surface area contributed by atoms with Crippen LogP contribution in [0.15, 0.2) is 24.3 Å². The van der Waals surface area contributed by atoms with Gasteiger partial charge in [-0.3, -0.25) is 4.79 Å². The summed E-state index contributed by atoms with van der Waals surface area (Å²) in [5, 5.41) is 2.85. The normalized spacial score (nSPS) is 16.9. The van der Waals surface area contributed by atoms with Crippen molar-refractivity contribution >= 4 is 17.3 Å². The molecule has 1 unspecified atom stereocenters. The van der Waals surface area contributed by atoms with Crippen molar-refractivity contribution in [2.24, 2.45) is 5.73 Å². The molecule has 15 heavy (non-hydrogen) atoms. The average Bonchev–Trinajstić information content (AvgIpc) is 2.26. The van der Waals surface area contributed by atoms with Crippen molar-refractivity contribution in [1.82, 2.24) is 0 Å². The Morgan fingerprint density at radius 3 is 3.00 bits per heavy atom. The molecule has 0 radical (unpaired) electrons. The van der Waals surface area contributed by atoms with Crippen LogP contribution in [0.25, 0.3) is 0 Å². The van der Waals surface area contributed by atoms with Crippen LogP contribution in [-0.4, -0.2) is 25.0 Å². The van der Waals surface area contributed by atoms with Crippen LogP contribution in [0, 0.1) is 0 Å². The number of hydrogen-bond donors (Lipinski definition) is 2. The number of nitrogens with one attached hydrogen (secondary N) is 1. The summed E-state index contributed by atoms with van der Waals surface area (Å²) in [6.07, 6.45) is 0. The lowest BCUT2D eigenvalue weighted by Gasteiger charge is -2.35. The molecule has 1 amide bonds. The Labute approximate surface area is 89.1 Å². The number of hydrogen-bond acceptors (Lipinski definition) is 3. The summed E-state index contributed by atoms with van der Waals surface area (Å²) in [6.45, 7) is 2.95. The molecule has 3 N–H and O–H groups in total. The van der Waals surface area contributed by atoms with E-state index in [2.05, 4.69) is 5.32 Å². The summed E-state index contributed by atoms with van der Waals surface area (Å²) in [6, 6.07) is 7.96. The number of nitrogens with zero attached hydrogens (tertiary/aromatic N) is 1. The first-order valence-electron chi connectivity index (χ1n) is 5.08. The Bertz CT molecular complexity index is 378. The zero-order valence-electron chi connectivity index (χ0n) is 8.73. The predicted molar refractivity (Wildman–Crippen MR) is 60.9 cm³/mol. The summed E-state index contributed by atoms with van der Waals surface area (Å²) >= 11 is 0. The fourth-order valence-electron chi connectivity index (χ4n) is 1.78. The molecule has 1 atom stereocenters. The highest BCUT2D eigenvalue weighted by atomic mass is 16.2. The Hall–Kier alpha value is -1.55. The summed E-state index contributed by atoms with van der Waals surface area (Å²) in [4.78, 5) is 13.5. The molecule has 0 fully saturated rings. The summed E-state index contributed by atoms with van der Waals surface area (Å²) in [7, 11) is 0. The minimum absolute atomic E-state index is 0.0222. The Morgan fingerprint density at radius 2 is 2.27 bits per heavy atom. The lowest BCUT2D eigenvalue weighted by molar-refractivity contribution is -0.115. The van der Waals surface area contributed by atoms with Crippen molar-refractivity contribution in [1.29, 1.82) is 0 Å². The first-order chi connectivity index (χ1) is 7.22. The van der Waals surface area contributed by atoms with E-state index in [4.69, 9.17) is 5.73 Å². The standard InChI is InChI=1S/C11H15N3O/c1-8(6-12)14-7-11(15)13-9-4-2-3-5-10(9)14/h2-5,8H,6-7,12H2,1H3,(H,13,15). The number of fused-ring (bicyclic) bond motifs is 1. The van der Waals surface area contributed by atoms with Crippen molar-refractivity contribution in [2.75, 3.05) is 23.3 Å². The lowest BCUT2D eigenvalue weighted by atomic mass is 10.1. The first kappa shape index (κ1) is 9.98. The van der Waals surface area contributed by atoms with E-state index in [1.54, 1.807) is 0 Å². The zero-order valence-corrected chi connectivity index (χ0v) is 8.73. The highest BCUT2D eigenvalue weighted by molar-refractivity contribution is 6.01. The van der Waals surface area contributed by atoms with Crippen LogP contribution in [-0.2, 0) is 4.79 Å². The summed E-state index contributed by atoms with van der Waals surface area (Å²) in [5.74, 6) is 0.0222. The van der Waals surface area contributed by atoms with E-state index in [1.165, 1.54) is 0 Å². The SMILES string of the molecule is CC(CN)N1CC(=O)Nc2ccccc21. The third-order valence-electron chi connectivity index (χ3n) is 2.67. The molecule has 4 nitrogen and oxygen atoms in total. The van der Waals surface area contributed by atoms with Crippen LogP contribution >= 0.6 is 0 Å². The van der Waals surface area contributed by atoms with Gasteiger partial charge in [0, 0.05) is 12.6 Å². The van der Waals surface area contributed by atoms with E-state index < -0.39 is 0 Å². The minimum atomic E-state index is 0.0222. The average molecular weight is 205 g/mol.